The zero-order valence-electron chi connectivity index (χ0n) is 9.30. The summed E-state index contributed by atoms with van der Waals surface area (Å²) in [7, 11) is 0. The molecule has 0 saturated carbocycles. The second-order valence-corrected chi connectivity index (χ2v) is 5.43. The lowest BCUT2D eigenvalue weighted by Gasteiger charge is -2.13. The first kappa shape index (κ1) is 14.6. The summed E-state index contributed by atoms with van der Waals surface area (Å²) in [6.07, 6.45) is -1.41. The molecule has 0 saturated heterocycles. The maximum Gasteiger partial charge on any atom is 0.161 e. The normalized spacial score (nSPS) is 12.5. The van der Waals surface area contributed by atoms with E-state index < -0.39 is 23.6 Å². The third kappa shape index (κ3) is 3.04. The molecular formula is C13H7ClF3IO. The molecule has 100 valence electrons. The van der Waals surface area contributed by atoms with Gasteiger partial charge in [0.25, 0.3) is 0 Å². The Kier molecular flexibility index (Phi) is 4.37. The van der Waals surface area contributed by atoms with Crippen LogP contribution >= 0.6 is 34.2 Å². The Morgan fingerprint density at radius 3 is 2.26 bits per heavy atom. The van der Waals surface area contributed by atoms with Crippen LogP contribution in [0.2, 0.25) is 5.02 Å². The molecule has 6 heteroatoms. The second kappa shape index (κ2) is 5.68. The number of benzene rings is 2. The standard InChI is InChI=1S/C13H7ClF3IO/c14-8-3-6(1-2-12(8)18)13(19)7-4-10(16)11(17)5-9(7)15/h1-5,13,19H. The molecular weight excluding hydrogens is 391 g/mol. The first-order chi connectivity index (χ1) is 8.90. The fraction of sp³-hybridized carbons (Fsp3) is 0.0769. The van der Waals surface area contributed by atoms with Crippen LogP contribution in [0.4, 0.5) is 13.2 Å². The summed E-state index contributed by atoms with van der Waals surface area (Å²) < 4.78 is 40.2. The number of aliphatic hydroxyl groups is 1. The van der Waals surface area contributed by atoms with E-state index in [1.165, 1.54) is 6.07 Å². The van der Waals surface area contributed by atoms with Crippen LogP contribution in [-0.4, -0.2) is 5.11 Å². The van der Waals surface area contributed by atoms with Crippen molar-refractivity contribution in [2.75, 3.05) is 0 Å². The number of aliphatic hydroxyl groups excluding tert-OH is 1. The van der Waals surface area contributed by atoms with Crippen LogP contribution < -0.4 is 0 Å². The highest BCUT2D eigenvalue weighted by molar-refractivity contribution is 14.1. The zero-order valence-corrected chi connectivity index (χ0v) is 12.2. The SMILES string of the molecule is OC(c1ccc(I)c(Cl)c1)c1cc(F)c(F)cc1F. The van der Waals surface area contributed by atoms with Gasteiger partial charge in [0, 0.05) is 15.2 Å². The van der Waals surface area contributed by atoms with Crippen molar-refractivity contribution in [2.45, 2.75) is 6.10 Å². The third-order valence-electron chi connectivity index (χ3n) is 2.59. The lowest BCUT2D eigenvalue weighted by molar-refractivity contribution is 0.214. The minimum absolute atomic E-state index is 0.301. The Hall–Kier alpha value is -0.790. The van der Waals surface area contributed by atoms with E-state index in [0.29, 0.717) is 22.7 Å². The molecule has 0 bridgehead atoms. The predicted molar refractivity (Wildman–Crippen MR) is 74.5 cm³/mol. The van der Waals surface area contributed by atoms with Gasteiger partial charge in [-0.2, -0.15) is 0 Å². The quantitative estimate of drug-likeness (QED) is 0.586. The van der Waals surface area contributed by atoms with Gasteiger partial charge in [-0.15, -0.1) is 0 Å². The monoisotopic (exact) mass is 398 g/mol. The smallest absolute Gasteiger partial charge is 0.161 e. The predicted octanol–water partition coefficient (Wildman–Crippen LogP) is 4.44. The van der Waals surface area contributed by atoms with Crippen LogP contribution in [0.15, 0.2) is 30.3 Å². The maximum absolute atomic E-state index is 13.5. The maximum atomic E-state index is 13.5. The average molecular weight is 399 g/mol. The number of halogens is 5. The van der Waals surface area contributed by atoms with Gasteiger partial charge in [0.1, 0.15) is 11.9 Å². The van der Waals surface area contributed by atoms with Crippen LogP contribution in [0.3, 0.4) is 0 Å². The molecule has 0 amide bonds. The van der Waals surface area contributed by atoms with Crippen molar-refractivity contribution in [3.63, 3.8) is 0 Å². The topological polar surface area (TPSA) is 20.2 Å². The van der Waals surface area contributed by atoms with Crippen LogP contribution in [0.5, 0.6) is 0 Å². The van der Waals surface area contributed by atoms with E-state index in [0.717, 1.165) is 3.57 Å². The summed E-state index contributed by atoms with van der Waals surface area (Å²) in [6.45, 7) is 0. The van der Waals surface area contributed by atoms with Crippen molar-refractivity contribution in [2.24, 2.45) is 0 Å². The first-order valence-electron chi connectivity index (χ1n) is 5.17. The minimum atomic E-state index is -1.41. The van der Waals surface area contributed by atoms with Gasteiger partial charge in [0.15, 0.2) is 11.6 Å². The van der Waals surface area contributed by atoms with Crippen molar-refractivity contribution in [1.82, 2.24) is 0 Å². The van der Waals surface area contributed by atoms with E-state index in [1.54, 1.807) is 12.1 Å². The van der Waals surface area contributed by atoms with Crippen LogP contribution in [0.1, 0.15) is 17.2 Å². The number of hydrogen-bond acceptors (Lipinski definition) is 1. The summed E-state index contributed by atoms with van der Waals surface area (Å²) in [5.41, 5.74) is -0.0356. The summed E-state index contributed by atoms with van der Waals surface area (Å²) in [5, 5.41) is 10.4. The minimum Gasteiger partial charge on any atom is -0.384 e. The Labute approximate surface area is 126 Å². The van der Waals surface area contributed by atoms with Gasteiger partial charge in [0.2, 0.25) is 0 Å². The molecule has 0 aliphatic carbocycles. The van der Waals surface area contributed by atoms with E-state index in [-0.39, 0.29) is 5.56 Å². The van der Waals surface area contributed by atoms with E-state index in [9.17, 15) is 18.3 Å². The fourth-order valence-corrected chi connectivity index (χ4v) is 2.13. The second-order valence-electron chi connectivity index (χ2n) is 3.86. The van der Waals surface area contributed by atoms with Crippen LogP contribution in [-0.2, 0) is 0 Å². The van der Waals surface area contributed by atoms with Crippen molar-refractivity contribution >= 4 is 34.2 Å². The Morgan fingerprint density at radius 1 is 1.00 bits per heavy atom. The average Bonchev–Trinajstić information content (AvgIpc) is 2.36. The van der Waals surface area contributed by atoms with Crippen molar-refractivity contribution in [3.05, 3.63) is 67.5 Å². The van der Waals surface area contributed by atoms with E-state index in [1.807, 2.05) is 22.6 Å². The Balaban J connectivity index is 2.46. The van der Waals surface area contributed by atoms with E-state index >= 15 is 0 Å². The van der Waals surface area contributed by atoms with Gasteiger partial charge in [-0.3, -0.25) is 0 Å². The highest BCUT2D eigenvalue weighted by Crippen LogP contribution is 2.29. The van der Waals surface area contributed by atoms with Gasteiger partial charge in [-0.25, -0.2) is 13.2 Å². The Morgan fingerprint density at radius 2 is 1.63 bits per heavy atom. The van der Waals surface area contributed by atoms with Crippen molar-refractivity contribution < 1.29 is 18.3 Å². The molecule has 0 heterocycles. The summed E-state index contributed by atoms with van der Waals surface area (Å²) >= 11 is 7.89. The number of hydrogen-bond donors (Lipinski definition) is 1. The zero-order chi connectivity index (χ0) is 14.2. The van der Waals surface area contributed by atoms with Gasteiger partial charge >= 0.3 is 0 Å². The molecule has 1 atom stereocenters. The van der Waals surface area contributed by atoms with Gasteiger partial charge in [-0.05, 0) is 46.4 Å². The third-order valence-corrected chi connectivity index (χ3v) is 4.17. The summed E-state index contributed by atoms with van der Waals surface area (Å²) in [5.74, 6) is -3.53. The van der Waals surface area contributed by atoms with Crippen molar-refractivity contribution in [3.8, 4) is 0 Å². The molecule has 1 N–H and O–H groups in total. The van der Waals surface area contributed by atoms with Gasteiger partial charge < -0.3 is 5.11 Å². The molecule has 0 spiro atoms. The molecule has 0 aliphatic heterocycles. The van der Waals surface area contributed by atoms with E-state index in [2.05, 4.69) is 0 Å². The molecule has 0 aromatic heterocycles. The summed E-state index contributed by atoms with van der Waals surface area (Å²) in [4.78, 5) is 0. The van der Waals surface area contributed by atoms with Gasteiger partial charge in [0.05, 0.1) is 5.02 Å². The number of rotatable bonds is 2. The molecule has 0 radical (unpaired) electrons. The van der Waals surface area contributed by atoms with Gasteiger partial charge in [-0.1, -0.05) is 17.7 Å². The lowest BCUT2D eigenvalue weighted by atomic mass is 10.0. The van der Waals surface area contributed by atoms with Crippen molar-refractivity contribution in [1.29, 1.82) is 0 Å². The van der Waals surface area contributed by atoms with Crippen LogP contribution in [0.25, 0.3) is 0 Å². The molecule has 1 nitrogen and oxygen atoms in total. The highest BCUT2D eigenvalue weighted by Gasteiger charge is 2.19. The molecule has 2 aromatic carbocycles. The highest BCUT2D eigenvalue weighted by atomic mass is 127. The largest absolute Gasteiger partial charge is 0.384 e. The van der Waals surface area contributed by atoms with Crippen LogP contribution in [0, 0.1) is 21.0 Å². The molecule has 1 unspecified atom stereocenters. The Bertz CT molecular complexity index is 634. The molecule has 0 fully saturated rings. The lowest BCUT2D eigenvalue weighted by Crippen LogP contribution is -2.05. The molecule has 2 aromatic rings. The molecule has 0 aliphatic rings. The molecule has 19 heavy (non-hydrogen) atoms. The first-order valence-corrected chi connectivity index (χ1v) is 6.63. The fourth-order valence-electron chi connectivity index (χ4n) is 1.61. The summed E-state index contributed by atoms with van der Waals surface area (Å²) in [6, 6.07) is 5.68. The van der Waals surface area contributed by atoms with E-state index in [4.69, 9.17) is 11.6 Å². The molecule has 2 rings (SSSR count).